The Kier molecular flexibility index (Phi) is 2.66. The third kappa shape index (κ3) is 1.86. The molecule has 0 unspecified atom stereocenters. The quantitative estimate of drug-likeness (QED) is 0.699. The van der Waals surface area contributed by atoms with Crippen molar-refractivity contribution < 1.29 is 0 Å². The number of hydrogen-bond donors (Lipinski definition) is 0. The Morgan fingerprint density at radius 2 is 2.29 bits per heavy atom. The lowest BCUT2D eigenvalue weighted by Crippen LogP contribution is -1.82. The van der Waals surface area contributed by atoms with Gasteiger partial charge in [-0.05, 0) is 35.5 Å². The minimum atomic E-state index is 0.737. The molecule has 2 nitrogen and oxygen atoms in total. The number of thioether (sulfide) groups is 1. The van der Waals surface area contributed by atoms with Gasteiger partial charge in [0, 0.05) is 17.3 Å². The van der Waals surface area contributed by atoms with E-state index in [9.17, 15) is 0 Å². The maximum atomic E-state index is 8.44. The SMILES string of the molecule is N#CSCc1ccc2ncccc2c1. The first-order valence-corrected chi connectivity index (χ1v) is 5.23. The second kappa shape index (κ2) is 4.12. The molecule has 2 rings (SSSR count). The minimum absolute atomic E-state index is 0.737. The number of aromatic nitrogens is 1. The first-order valence-electron chi connectivity index (χ1n) is 4.25. The first-order chi connectivity index (χ1) is 6.90. The summed E-state index contributed by atoms with van der Waals surface area (Å²) >= 11 is 1.25. The molecule has 1 aromatic carbocycles. The van der Waals surface area contributed by atoms with Gasteiger partial charge in [0.1, 0.15) is 5.40 Å². The van der Waals surface area contributed by atoms with Gasteiger partial charge in [-0.1, -0.05) is 12.1 Å². The summed E-state index contributed by atoms with van der Waals surface area (Å²) in [7, 11) is 0. The van der Waals surface area contributed by atoms with Crippen LogP contribution < -0.4 is 0 Å². The van der Waals surface area contributed by atoms with Gasteiger partial charge >= 0.3 is 0 Å². The van der Waals surface area contributed by atoms with E-state index in [1.807, 2.05) is 24.3 Å². The van der Waals surface area contributed by atoms with Crippen molar-refractivity contribution in [1.82, 2.24) is 4.98 Å². The largest absolute Gasteiger partial charge is 0.256 e. The van der Waals surface area contributed by atoms with Gasteiger partial charge in [-0.2, -0.15) is 5.26 Å². The summed E-state index contributed by atoms with van der Waals surface area (Å²) < 4.78 is 0. The van der Waals surface area contributed by atoms with Crippen LogP contribution in [0, 0.1) is 10.7 Å². The zero-order chi connectivity index (χ0) is 9.80. The van der Waals surface area contributed by atoms with Gasteiger partial charge in [0.25, 0.3) is 0 Å². The maximum Gasteiger partial charge on any atom is 0.133 e. The normalized spacial score (nSPS) is 9.93. The zero-order valence-electron chi connectivity index (χ0n) is 7.47. The van der Waals surface area contributed by atoms with E-state index >= 15 is 0 Å². The topological polar surface area (TPSA) is 36.7 Å². The highest BCUT2D eigenvalue weighted by atomic mass is 32.2. The molecule has 68 valence electrons. The molecule has 3 heteroatoms. The lowest BCUT2D eigenvalue weighted by Gasteiger charge is -1.99. The van der Waals surface area contributed by atoms with E-state index in [2.05, 4.69) is 16.5 Å². The molecule has 0 atom stereocenters. The lowest BCUT2D eigenvalue weighted by molar-refractivity contribution is 1.38. The van der Waals surface area contributed by atoms with Crippen molar-refractivity contribution in [2.75, 3.05) is 0 Å². The third-order valence-corrected chi connectivity index (χ3v) is 2.58. The van der Waals surface area contributed by atoms with E-state index in [0.29, 0.717) is 0 Å². The van der Waals surface area contributed by atoms with E-state index < -0.39 is 0 Å². The molecule has 0 aliphatic heterocycles. The van der Waals surface area contributed by atoms with E-state index in [4.69, 9.17) is 5.26 Å². The minimum Gasteiger partial charge on any atom is -0.256 e. The standard InChI is InChI=1S/C11H8N2S/c12-8-14-7-9-3-4-11-10(6-9)2-1-5-13-11/h1-6H,7H2. The fourth-order valence-electron chi connectivity index (χ4n) is 1.33. The molecule has 14 heavy (non-hydrogen) atoms. The summed E-state index contributed by atoms with van der Waals surface area (Å²) in [6, 6.07) is 10.0. The predicted molar refractivity (Wildman–Crippen MR) is 58.7 cm³/mol. The Labute approximate surface area is 86.6 Å². The molecule has 0 radical (unpaired) electrons. The summed E-state index contributed by atoms with van der Waals surface area (Å²) in [5.74, 6) is 0.737. The molecule has 1 heterocycles. The van der Waals surface area contributed by atoms with Crippen molar-refractivity contribution in [2.45, 2.75) is 5.75 Å². The van der Waals surface area contributed by atoms with Crippen LogP contribution in [0.4, 0.5) is 0 Å². The maximum absolute atomic E-state index is 8.44. The molecule has 2 aromatic rings. The van der Waals surface area contributed by atoms with Crippen molar-refractivity contribution in [3.05, 3.63) is 42.1 Å². The molecular formula is C11H8N2S. The number of fused-ring (bicyclic) bond motifs is 1. The van der Waals surface area contributed by atoms with Crippen LogP contribution in [0.25, 0.3) is 10.9 Å². The fourth-order valence-corrected chi connectivity index (χ4v) is 1.74. The van der Waals surface area contributed by atoms with Gasteiger partial charge in [0.05, 0.1) is 5.52 Å². The number of pyridine rings is 1. The van der Waals surface area contributed by atoms with Crippen molar-refractivity contribution >= 4 is 22.7 Å². The number of rotatable bonds is 2. The predicted octanol–water partition coefficient (Wildman–Crippen LogP) is 2.95. The number of hydrogen-bond acceptors (Lipinski definition) is 3. The second-order valence-corrected chi connectivity index (χ2v) is 3.67. The van der Waals surface area contributed by atoms with Gasteiger partial charge in [0.15, 0.2) is 0 Å². The zero-order valence-corrected chi connectivity index (χ0v) is 8.29. The number of nitrogens with zero attached hydrogens (tertiary/aromatic N) is 2. The smallest absolute Gasteiger partial charge is 0.133 e. The molecule has 0 saturated carbocycles. The van der Waals surface area contributed by atoms with E-state index in [1.165, 1.54) is 11.8 Å². The molecule has 0 aliphatic carbocycles. The van der Waals surface area contributed by atoms with Gasteiger partial charge in [-0.25, -0.2) is 0 Å². The van der Waals surface area contributed by atoms with Crippen LogP contribution >= 0.6 is 11.8 Å². The highest BCUT2D eigenvalue weighted by molar-refractivity contribution is 8.02. The van der Waals surface area contributed by atoms with Crippen LogP contribution in [-0.2, 0) is 5.75 Å². The number of benzene rings is 1. The molecule has 1 aromatic heterocycles. The number of thiocyanates is 1. The average Bonchev–Trinajstić information content (AvgIpc) is 2.26. The highest BCUT2D eigenvalue weighted by Crippen LogP contribution is 2.16. The van der Waals surface area contributed by atoms with Gasteiger partial charge in [-0.15, -0.1) is 0 Å². The second-order valence-electron chi connectivity index (χ2n) is 2.91. The Morgan fingerprint density at radius 3 is 3.14 bits per heavy atom. The molecule has 0 spiro atoms. The van der Waals surface area contributed by atoms with Crippen LogP contribution in [0.3, 0.4) is 0 Å². The molecule has 0 bridgehead atoms. The van der Waals surface area contributed by atoms with E-state index in [-0.39, 0.29) is 0 Å². The van der Waals surface area contributed by atoms with Gasteiger partial charge in [0.2, 0.25) is 0 Å². The van der Waals surface area contributed by atoms with E-state index in [1.54, 1.807) is 6.20 Å². The molecule has 0 saturated heterocycles. The molecule has 0 fully saturated rings. The van der Waals surface area contributed by atoms with Crippen molar-refractivity contribution in [2.24, 2.45) is 0 Å². The van der Waals surface area contributed by atoms with Gasteiger partial charge < -0.3 is 0 Å². The van der Waals surface area contributed by atoms with Crippen LogP contribution in [0.5, 0.6) is 0 Å². The Balaban J connectivity index is 2.37. The van der Waals surface area contributed by atoms with Crippen LogP contribution in [-0.4, -0.2) is 4.98 Å². The summed E-state index contributed by atoms with van der Waals surface area (Å²) in [5.41, 5.74) is 2.16. The summed E-state index contributed by atoms with van der Waals surface area (Å²) in [5, 5.41) is 11.6. The molecule has 0 aliphatic rings. The van der Waals surface area contributed by atoms with Crippen molar-refractivity contribution in [3.63, 3.8) is 0 Å². The number of nitriles is 1. The van der Waals surface area contributed by atoms with Gasteiger partial charge in [-0.3, -0.25) is 4.98 Å². The summed E-state index contributed by atoms with van der Waals surface area (Å²) in [6.07, 6.45) is 1.78. The average molecular weight is 200 g/mol. The first kappa shape index (κ1) is 9.04. The van der Waals surface area contributed by atoms with Crippen LogP contribution in [0.15, 0.2) is 36.5 Å². The molecule has 0 amide bonds. The van der Waals surface area contributed by atoms with Crippen molar-refractivity contribution in [1.29, 1.82) is 5.26 Å². The lowest BCUT2D eigenvalue weighted by atomic mass is 10.1. The summed E-state index contributed by atoms with van der Waals surface area (Å²) in [6.45, 7) is 0. The third-order valence-electron chi connectivity index (χ3n) is 1.97. The molecule has 0 N–H and O–H groups in total. The summed E-state index contributed by atoms with van der Waals surface area (Å²) in [4.78, 5) is 4.23. The van der Waals surface area contributed by atoms with E-state index in [0.717, 1.165) is 22.2 Å². The monoisotopic (exact) mass is 200 g/mol. The van der Waals surface area contributed by atoms with Crippen LogP contribution in [0.1, 0.15) is 5.56 Å². The Hall–Kier alpha value is -1.53. The molecular weight excluding hydrogens is 192 g/mol. The highest BCUT2D eigenvalue weighted by Gasteiger charge is 1.96. The van der Waals surface area contributed by atoms with Crippen LogP contribution in [0.2, 0.25) is 0 Å². The Bertz CT molecular complexity index is 488. The fraction of sp³-hybridized carbons (Fsp3) is 0.0909. The van der Waals surface area contributed by atoms with Crippen molar-refractivity contribution in [3.8, 4) is 5.40 Å². The Morgan fingerprint density at radius 1 is 1.36 bits per heavy atom.